The predicted molar refractivity (Wildman–Crippen MR) is 130 cm³/mol. The van der Waals surface area contributed by atoms with E-state index in [1.54, 1.807) is 6.07 Å². The number of nitriles is 1. The zero-order chi connectivity index (χ0) is 28.0. The molecular formula is C26H27F2KN4O5. The van der Waals surface area contributed by atoms with Gasteiger partial charge in [0.05, 0.1) is 31.4 Å². The van der Waals surface area contributed by atoms with E-state index in [1.165, 1.54) is 38.5 Å². The summed E-state index contributed by atoms with van der Waals surface area (Å²) in [7, 11) is 2.39. The van der Waals surface area contributed by atoms with Crippen LogP contribution in [-0.4, -0.2) is 37.5 Å². The number of carbonyl (C=O) groups excluding carboxylic acids is 3. The Balaban J connectivity index is 0.000000589. The quantitative estimate of drug-likeness (QED) is 0.248. The molecule has 0 atom stereocenters. The molecule has 196 valence electrons. The van der Waals surface area contributed by atoms with Gasteiger partial charge in [-0.2, -0.15) is 5.26 Å². The van der Waals surface area contributed by atoms with E-state index < -0.39 is 29.1 Å². The number of halogens is 2. The number of methoxy groups -OCH3 is 2. The van der Waals surface area contributed by atoms with Crippen molar-refractivity contribution in [1.82, 2.24) is 0 Å². The van der Waals surface area contributed by atoms with Crippen molar-refractivity contribution in [2.75, 3.05) is 25.3 Å². The third-order valence-corrected chi connectivity index (χ3v) is 5.49. The molecule has 3 N–H and O–H groups in total. The van der Waals surface area contributed by atoms with Crippen molar-refractivity contribution in [1.29, 1.82) is 10.5 Å². The first-order valence-corrected chi connectivity index (χ1v) is 11.1. The largest absolute Gasteiger partial charge is 1.00 e. The summed E-state index contributed by atoms with van der Waals surface area (Å²) in [5.74, 6) is -2.30. The number of ether oxygens (including phenoxy) is 2. The molecule has 2 fully saturated rings. The first-order chi connectivity index (χ1) is 17.6. The van der Waals surface area contributed by atoms with Gasteiger partial charge in [0, 0.05) is 24.2 Å². The summed E-state index contributed by atoms with van der Waals surface area (Å²) in [6.45, 7) is 4.75. The van der Waals surface area contributed by atoms with Crippen molar-refractivity contribution in [2.45, 2.75) is 44.1 Å². The fourth-order valence-electron chi connectivity index (χ4n) is 3.07. The van der Waals surface area contributed by atoms with Gasteiger partial charge in [-0.05, 0) is 62.1 Å². The van der Waals surface area contributed by atoms with Crippen LogP contribution in [0.15, 0.2) is 36.4 Å². The van der Waals surface area contributed by atoms with E-state index in [1.807, 2.05) is 0 Å². The maximum Gasteiger partial charge on any atom is 1.00 e. The first-order valence-electron chi connectivity index (χ1n) is 11.1. The standard InChI is InChI=1S/C13H13FN2O2.C8H8FNO2.C4H6O.CN.K/c1-18-12(17)10-4-3-9(7-11(10)14)16-13(8-15)5-2-6-13;1-12-8(11)6-3-2-5(10)4-7(6)9;5-4-2-1-3-4;1-2;/h3-4,7,16H,2,5-6H2,1H3;2-4H,10H2,1H3;1-3H2;;/q;;;-1;+1. The molecule has 0 amide bonds. The molecule has 0 spiro atoms. The van der Waals surface area contributed by atoms with Crippen LogP contribution < -0.4 is 62.4 Å². The number of nitrogens with one attached hydrogen (secondary N) is 1. The molecule has 9 nitrogen and oxygen atoms in total. The van der Waals surface area contributed by atoms with Gasteiger partial charge in [-0.1, -0.05) is 0 Å². The summed E-state index contributed by atoms with van der Waals surface area (Å²) < 4.78 is 35.4. The molecule has 2 saturated carbocycles. The van der Waals surface area contributed by atoms with Gasteiger partial charge >= 0.3 is 63.3 Å². The van der Waals surface area contributed by atoms with E-state index in [2.05, 4.69) is 20.9 Å². The summed E-state index contributed by atoms with van der Waals surface area (Å²) in [5.41, 5.74) is 5.26. The fraction of sp³-hybridized carbons (Fsp3) is 0.346. The number of anilines is 2. The monoisotopic (exact) mass is 552 g/mol. The number of carbonyl (C=O) groups is 3. The van der Waals surface area contributed by atoms with Gasteiger partial charge in [0.25, 0.3) is 0 Å². The number of hydrogen-bond donors (Lipinski definition) is 2. The zero-order valence-electron chi connectivity index (χ0n) is 21.5. The maximum absolute atomic E-state index is 13.7. The van der Waals surface area contributed by atoms with E-state index in [-0.39, 0.29) is 68.2 Å². The van der Waals surface area contributed by atoms with Crippen LogP contribution in [0, 0.1) is 34.8 Å². The minimum atomic E-state index is -0.710. The van der Waals surface area contributed by atoms with E-state index in [0.717, 1.165) is 44.6 Å². The number of Topliss-reactive ketones (excluding diaryl/α,β-unsaturated/α-hetero) is 1. The SMILES string of the molecule is COC(=O)c1ccc(N)cc1F.COC(=O)c1ccc(NC2(C#N)CCC2)cc1F.O=C1CCC1.[C-]#N.[K+]. The molecule has 2 aromatic rings. The number of nitrogens with zero attached hydrogens (tertiary/aromatic N) is 2. The molecule has 0 radical (unpaired) electrons. The Hall–Kier alpha value is -2.87. The first kappa shape index (κ1) is 35.1. The van der Waals surface area contributed by atoms with Gasteiger partial charge in [0.2, 0.25) is 0 Å². The molecule has 0 aromatic heterocycles. The van der Waals surface area contributed by atoms with E-state index in [9.17, 15) is 23.2 Å². The van der Waals surface area contributed by atoms with E-state index >= 15 is 0 Å². The van der Waals surface area contributed by atoms with Crippen LogP contribution >= 0.6 is 0 Å². The second-order valence-corrected chi connectivity index (χ2v) is 7.98. The second kappa shape index (κ2) is 17.6. The topological polar surface area (TPSA) is 155 Å². The molecule has 0 bridgehead atoms. The van der Waals surface area contributed by atoms with E-state index in [4.69, 9.17) is 22.8 Å². The number of benzene rings is 2. The Morgan fingerprint density at radius 3 is 1.76 bits per heavy atom. The van der Waals surface area contributed by atoms with Gasteiger partial charge in [0.1, 0.15) is 23.0 Å². The normalized spacial score (nSPS) is 13.7. The molecule has 2 aliphatic rings. The Morgan fingerprint density at radius 2 is 1.45 bits per heavy atom. The third-order valence-electron chi connectivity index (χ3n) is 5.49. The average Bonchev–Trinajstić information content (AvgIpc) is 2.86. The molecule has 0 saturated heterocycles. The maximum atomic E-state index is 13.7. The number of nitrogen functional groups attached to an aromatic ring is 1. The van der Waals surface area contributed by atoms with Crippen molar-refractivity contribution >= 4 is 29.1 Å². The smallest absolute Gasteiger partial charge is 0.512 e. The Kier molecular flexibility index (Phi) is 16.3. The van der Waals surface area contributed by atoms with Crippen molar-refractivity contribution < 1.29 is 84.0 Å². The van der Waals surface area contributed by atoms with Crippen LogP contribution in [0.5, 0.6) is 0 Å². The summed E-state index contributed by atoms with van der Waals surface area (Å²) in [5, 5.41) is 18.3. The van der Waals surface area contributed by atoms with Crippen molar-refractivity contribution in [3.63, 3.8) is 0 Å². The summed E-state index contributed by atoms with van der Waals surface area (Å²) in [4.78, 5) is 32.0. The van der Waals surface area contributed by atoms with Gasteiger partial charge in [-0.3, -0.25) is 4.79 Å². The Labute approximate surface area is 262 Å². The van der Waals surface area contributed by atoms with Gasteiger partial charge in [0.15, 0.2) is 0 Å². The summed E-state index contributed by atoms with van der Waals surface area (Å²) >= 11 is 0. The molecule has 2 aromatic carbocycles. The zero-order valence-corrected chi connectivity index (χ0v) is 24.6. The van der Waals surface area contributed by atoms with E-state index in [0.29, 0.717) is 11.5 Å². The van der Waals surface area contributed by atoms with Crippen LogP contribution in [0.25, 0.3) is 0 Å². The van der Waals surface area contributed by atoms with Crippen LogP contribution in [0.2, 0.25) is 0 Å². The Bertz CT molecular complexity index is 1170. The summed E-state index contributed by atoms with van der Waals surface area (Å²) in [6.07, 6.45) is 5.33. The minimum absolute atomic E-state index is 0. The molecule has 2 aliphatic carbocycles. The van der Waals surface area contributed by atoms with Crippen molar-refractivity contribution in [2.24, 2.45) is 0 Å². The van der Waals surface area contributed by atoms with Crippen molar-refractivity contribution in [3.05, 3.63) is 65.7 Å². The number of hydrogen-bond acceptors (Lipinski definition) is 9. The minimum Gasteiger partial charge on any atom is -0.512 e. The van der Waals surface area contributed by atoms with Crippen LogP contribution in [0.4, 0.5) is 20.2 Å². The molecule has 0 heterocycles. The summed E-state index contributed by atoms with van der Waals surface area (Å²) in [6, 6.07) is 10.2. The number of rotatable bonds is 4. The molecule has 0 aliphatic heterocycles. The average molecular weight is 553 g/mol. The Morgan fingerprint density at radius 1 is 0.974 bits per heavy atom. The van der Waals surface area contributed by atoms with Crippen molar-refractivity contribution in [3.8, 4) is 6.07 Å². The van der Waals surface area contributed by atoms with Gasteiger partial charge in [-0.15, -0.1) is 0 Å². The molecular weight excluding hydrogens is 525 g/mol. The number of nitrogens with two attached hydrogens (primary N) is 1. The third kappa shape index (κ3) is 10.5. The van der Waals surface area contributed by atoms with Crippen LogP contribution in [0.1, 0.15) is 59.2 Å². The molecule has 38 heavy (non-hydrogen) atoms. The number of ketones is 1. The fourth-order valence-corrected chi connectivity index (χ4v) is 3.07. The molecule has 0 unspecified atom stereocenters. The molecule has 12 heteroatoms. The van der Waals surface area contributed by atoms with Gasteiger partial charge < -0.3 is 32.4 Å². The second-order valence-electron chi connectivity index (χ2n) is 7.98. The van der Waals surface area contributed by atoms with Gasteiger partial charge in [-0.25, -0.2) is 18.4 Å². The van der Waals surface area contributed by atoms with Crippen LogP contribution in [-0.2, 0) is 14.3 Å². The van der Waals surface area contributed by atoms with Crippen LogP contribution in [0.3, 0.4) is 0 Å². The number of esters is 2. The molecule has 4 rings (SSSR count). The predicted octanol–water partition coefficient (Wildman–Crippen LogP) is 1.50.